The zero-order valence-corrected chi connectivity index (χ0v) is 16.6. The number of rotatable bonds is 16. The third-order valence-electron chi connectivity index (χ3n) is 5.47. The lowest BCUT2D eigenvalue weighted by atomic mass is 9.90. The SMILES string of the molecule is CCCCC(CCC)CCCCCCCC(C)CC(C)CC. The van der Waals surface area contributed by atoms with Crippen LogP contribution >= 0.6 is 0 Å². The Hall–Kier alpha value is 0. The van der Waals surface area contributed by atoms with E-state index in [1.54, 1.807) is 0 Å². The van der Waals surface area contributed by atoms with Gasteiger partial charge in [0, 0.05) is 0 Å². The topological polar surface area (TPSA) is 0 Å². The molecular formula is C22H46. The summed E-state index contributed by atoms with van der Waals surface area (Å²) >= 11 is 0. The maximum atomic E-state index is 2.45. The van der Waals surface area contributed by atoms with Crippen molar-refractivity contribution in [1.82, 2.24) is 0 Å². The first kappa shape index (κ1) is 22.0. The van der Waals surface area contributed by atoms with Crippen LogP contribution in [0.5, 0.6) is 0 Å². The van der Waals surface area contributed by atoms with Crippen molar-refractivity contribution in [1.29, 1.82) is 0 Å². The maximum Gasteiger partial charge on any atom is -0.0414 e. The van der Waals surface area contributed by atoms with Crippen LogP contribution in [0.2, 0.25) is 0 Å². The molecule has 0 amide bonds. The molecule has 0 aromatic carbocycles. The summed E-state index contributed by atoms with van der Waals surface area (Å²) in [5, 5.41) is 0. The van der Waals surface area contributed by atoms with Gasteiger partial charge in [0.1, 0.15) is 0 Å². The molecule has 22 heavy (non-hydrogen) atoms. The molecule has 0 saturated heterocycles. The lowest BCUT2D eigenvalue weighted by Crippen LogP contribution is -2.02. The van der Waals surface area contributed by atoms with E-state index in [4.69, 9.17) is 0 Å². The highest BCUT2D eigenvalue weighted by atomic mass is 14.1. The molecule has 0 spiro atoms. The van der Waals surface area contributed by atoms with Gasteiger partial charge in [0.2, 0.25) is 0 Å². The van der Waals surface area contributed by atoms with Crippen molar-refractivity contribution >= 4 is 0 Å². The Kier molecular flexibility index (Phi) is 15.9. The van der Waals surface area contributed by atoms with E-state index in [9.17, 15) is 0 Å². The van der Waals surface area contributed by atoms with Gasteiger partial charge < -0.3 is 0 Å². The second-order valence-electron chi connectivity index (χ2n) is 8.00. The van der Waals surface area contributed by atoms with Crippen molar-refractivity contribution in [2.75, 3.05) is 0 Å². The molecule has 3 unspecified atom stereocenters. The van der Waals surface area contributed by atoms with Gasteiger partial charge in [-0.1, -0.05) is 118 Å². The van der Waals surface area contributed by atoms with Gasteiger partial charge >= 0.3 is 0 Å². The van der Waals surface area contributed by atoms with E-state index < -0.39 is 0 Å². The van der Waals surface area contributed by atoms with Crippen molar-refractivity contribution in [3.05, 3.63) is 0 Å². The van der Waals surface area contributed by atoms with Gasteiger partial charge in [-0.25, -0.2) is 0 Å². The quantitative estimate of drug-likeness (QED) is 0.251. The molecule has 0 fully saturated rings. The van der Waals surface area contributed by atoms with Crippen LogP contribution in [0.15, 0.2) is 0 Å². The summed E-state index contributed by atoms with van der Waals surface area (Å²) in [5.74, 6) is 2.90. The van der Waals surface area contributed by atoms with Crippen LogP contribution in [0.3, 0.4) is 0 Å². The molecule has 0 rings (SSSR count). The van der Waals surface area contributed by atoms with Crippen LogP contribution < -0.4 is 0 Å². The Morgan fingerprint density at radius 3 is 1.73 bits per heavy atom. The van der Waals surface area contributed by atoms with E-state index in [-0.39, 0.29) is 0 Å². The molecule has 0 aliphatic heterocycles. The van der Waals surface area contributed by atoms with Crippen LogP contribution in [-0.2, 0) is 0 Å². The smallest absolute Gasteiger partial charge is 0.0414 e. The summed E-state index contributed by atoms with van der Waals surface area (Å²) < 4.78 is 0. The zero-order valence-electron chi connectivity index (χ0n) is 16.6. The van der Waals surface area contributed by atoms with Crippen LogP contribution in [0.25, 0.3) is 0 Å². The molecule has 0 aromatic heterocycles. The fourth-order valence-corrected chi connectivity index (χ4v) is 3.76. The summed E-state index contributed by atoms with van der Waals surface area (Å²) in [4.78, 5) is 0. The summed E-state index contributed by atoms with van der Waals surface area (Å²) in [6.45, 7) is 11.9. The van der Waals surface area contributed by atoms with E-state index >= 15 is 0 Å². The van der Waals surface area contributed by atoms with Crippen LogP contribution in [-0.4, -0.2) is 0 Å². The highest BCUT2D eigenvalue weighted by molar-refractivity contribution is 4.61. The maximum absolute atomic E-state index is 2.45. The predicted molar refractivity (Wildman–Crippen MR) is 103 cm³/mol. The van der Waals surface area contributed by atoms with Crippen molar-refractivity contribution < 1.29 is 0 Å². The Morgan fingerprint density at radius 1 is 0.545 bits per heavy atom. The van der Waals surface area contributed by atoms with E-state index in [2.05, 4.69) is 34.6 Å². The van der Waals surface area contributed by atoms with Gasteiger partial charge in [0.25, 0.3) is 0 Å². The van der Waals surface area contributed by atoms with Crippen molar-refractivity contribution in [2.24, 2.45) is 17.8 Å². The Labute approximate surface area is 142 Å². The number of hydrogen-bond donors (Lipinski definition) is 0. The Morgan fingerprint density at radius 2 is 1.14 bits per heavy atom. The first-order valence-electron chi connectivity index (χ1n) is 10.6. The van der Waals surface area contributed by atoms with Crippen LogP contribution in [0.1, 0.15) is 125 Å². The summed E-state index contributed by atoms with van der Waals surface area (Å²) in [6, 6.07) is 0. The van der Waals surface area contributed by atoms with Crippen molar-refractivity contribution in [3.8, 4) is 0 Å². The molecule has 0 aliphatic carbocycles. The highest BCUT2D eigenvalue weighted by Crippen LogP contribution is 2.23. The summed E-state index contributed by atoms with van der Waals surface area (Å²) in [7, 11) is 0. The molecule has 0 bridgehead atoms. The predicted octanol–water partition coefficient (Wildman–Crippen LogP) is 8.40. The first-order chi connectivity index (χ1) is 10.6. The third-order valence-corrected chi connectivity index (χ3v) is 5.47. The molecule has 3 atom stereocenters. The molecule has 0 saturated carbocycles. The molecule has 0 radical (unpaired) electrons. The average molecular weight is 311 g/mol. The molecule has 134 valence electrons. The van der Waals surface area contributed by atoms with Crippen LogP contribution in [0.4, 0.5) is 0 Å². The fourth-order valence-electron chi connectivity index (χ4n) is 3.76. The number of unbranched alkanes of at least 4 members (excludes halogenated alkanes) is 5. The second kappa shape index (κ2) is 15.9. The largest absolute Gasteiger partial charge is 0.0654 e. The van der Waals surface area contributed by atoms with E-state index in [1.807, 2.05) is 0 Å². The average Bonchev–Trinajstić information content (AvgIpc) is 2.51. The van der Waals surface area contributed by atoms with Crippen molar-refractivity contribution in [3.63, 3.8) is 0 Å². The van der Waals surface area contributed by atoms with Gasteiger partial charge in [-0.3, -0.25) is 0 Å². The molecule has 0 heteroatoms. The summed E-state index contributed by atoms with van der Waals surface area (Å²) in [6.07, 6.45) is 20.3. The van der Waals surface area contributed by atoms with Gasteiger partial charge in [-0.15, -0.1) is 0 Å². The molecule has 0 aliphatic rings. The van der Waals surface area contributed by atoms with Gasteiger partial charge in [-0.05, 0) is 24.2 Å². The van der Waals surface area contributed by atoms with E-state index in [0.29, 0.717) is 0 Å². The van der Waals surface area contributed by atoms with Gasteiger partial charge in [0.15, 0.2) is 0 Å². The standard InChI is InChI=1S/C22H46/c1-6-9-17-22(15-7-2)18-14-12-10-11-13-16-21(5)19-20(4)8-3/h20-22H,6-19H2,1-5H3. The minimum atomic E-state index is 0.925. The highest BCUT2D eigenvalue weighted by Gasteiger charge is 2.08. The van der Waals surface area contributed by atoms with E-state index in [1.165, 1.54) is 89.9 Å². The van der Waals surface area contributed by atoms with Crippen LogP contribution in [0, 0.1) is 17.8 Å². The monoisotopic (exact) mass is 310 g/mol. The minimum Gasteiger partial charge on any atom is -0.0654 e. The Bertz CT molecular complexity index is 208. The molecular weight excluding hydrogens is 264 g/mol. The Balaban J connectivity index is 3.47. The summed E-state index contributed by atoms with van der Waals surface area (Å²) in [5.41, 5.74) is 0. The fraction of sp³-hybridized carbons (Fsp3) is 1.00. The molecule has 0 nitrogen and oxygen atoms in total. The van der Waals surface area contributed by atoms with E-state index in [0.717, 1.165) is 17.8 Å². The zero-order chi connectivity index (χ0) is 16.6. The lowest BCUT2D eigenvalue weighted by Gasteiger charge is -2.16. The second-order valence-corrected chi connectivity index (χ2v) is 8.00. The lowest BCUT2D eigenvalue weighted by molar-refractivity contribution is 0.367. The molecule has 0 aromatic rings. The first-order valence-corrected chi connectivity index (χ1v) is 10.6. The molecule has 0 heterocycles. The molecule has 0 N–H and O–H groups in total. The van der Waals surface area contributed by atoms with Gasteiger partial charge in [0.05, 0.1) is 0 Å². The minimum absolute atomic E-state index is 0.925. The van der Waals surface area contributed by atoms with Crippen molar-refractivity contribution in [2.45, 2.75) is 125 Å². The number of hydrogen-bond acceptors (Lipinski definition) is 0. The normalized spacial score (nSPS) is 15.7. The van der Waals surface area contributed by atoms with Gasteiger partial charge in [-0.2, -0.15) is 0 Å². The third kappa shape index (κ3) is 13.6.